The second-order valence-corrected chi connectivity index (χ2v) is 4.81. The zero-order valence-corrected chi connectivity index (χ0v) is 10.7. The maximum atomic E-state index is 13.7. The molecule has 0 saturated carbocycles. The molecule has 1 aliphatic carbocycles. The first kappa shape index (κ1) is 12.8. The number of hydrogen-bond acceptors (Lipinski definition) is 3. The Labute approximate surface area is 114 Å². The minimum atomic E-state index is -0.704. The third-order valence-electron chi connectivity index (χ3n) is 3.41. The van der Waals surface area contributed by atoms with Gasteiger partial charge in [0.05, 0.1) is 16.8 Å². The number of hydrogen-bond donors (Lipinski definition) is 0. The Balaban J connectivity index is 2.08. The monoisotopic (exact) mass is 274 g/mol. The second kappa shape index (κ2) is 5.07. The van der Waals surface area contributed by atoms with Crippen molar-refractivity contribution in [3.63, 3.8) is 0 Å². The van der Waals surface area contributed by atoms with Crippen LogP contribution in [0.1, 0.15) is 35.3 Å². The first-order valence-electron chi connectivity index (χ1n) is 6.49. The lowest BCUT2D eigenvalue weighted by atomic mass is 10.1. The van der Waals surface area contributed by atoms with E-state index in [2.05, 4.69) is 9.97 Å². The van der Waals surface area contributed by atoms with E-state index in [1.54, 1.807) is 0 Å². The van der Waals surface area contributed by atoms with Crippen molar-refractivity contribution in [1.82, 2.24) is 9.97 Å². The summed E-state index contributed by atoms with van der Waals surface area (Å²) in [7, 11) is 0. The largest absolute Gasteiger partial charge is 0.294 e. The SMILES string of the molecule is O=C1CCCCc2nc(-c3ccc(F)cc3F)ncc21. The Morgan fingerprint density at radius 3 is 2.65 bits per heavy atom. The summed E-state index contributed by atoms with van der Waals surface area (Å²) in [5, 5.41) is 0. The van der Waals surface area contributed by atoms with Gasteiger partial charge in [-0.05, 0) is 31.4 Å². The molecule has 0 fully saturated rings. The molecule has 0 spiro atoms. The molecule has 0 N–H and O–H groups in total. The first-order chi connectivity index (χ1) is 9.65. The number of aromatic nitrogens is 2. The molecule has 1 aromatic carbocycles. The van der Waals surface area contributed by atoms with Crippen LogP contribution >= 0.6 is 0 Å². The maximum absolute atomic E-state index is 13.7. The molecule has 3 nitrogen and oxygen atoms in total. The van der Waals surface area contributed by atoms with Crippen LogP contribution in [0.25, 0.3) is 11.4 Å². The summed E-state index contributed by atoms with van der Waals surface area (Å²) in [4.78, 5) is 20.2. The molecular formula is C15H12F2N2O. The molecule has 102 valence electrons. The molecule has 1 aliphatic rings. The normalized spacial score (nSPS) is 14.8. The first-order valence-corrected chi connectivity index (χ1v) is 6.49. The van der Waals surface area contributed by atoms with Gasteiger partial charge in [-0.15, -0.1) is 0 Å². The van der Waals surface area contributed by atoms with E-state index in [9.17, 15) is 13.6 Å². The molecule has 0 saturated heterocycles. The van der Waals surface area contributed by atoms with Gasteiger partial charge in [-0.2, -0.15) is 0 Å². The number of carbonyl (C=O) groups excluding carboxylic acids is 1. The predicted octanol–water partition coefficient (Wildman–Crippen LogP) is 3.33. The van der Waals surface area contributed by atoms with Crippen molar-refractivity contribution < 1.29 is 13.6 Å². The van der Waals surface area contributed by atoms with Gasteiger partial charge in [-0.1, -0.05) is 0 Å². The van der Waals surface area contributed by atoms with Crippen molar-refractivity contribution in [2.75, 3.05) is 0 Å². The van der Waals surface area contributed by atoms with Gasteiger partial charge in [0.25, 0.3) is 0 Å². The average Bonchev–Trinajstić information content (AvgIpc) is 2.60. The molecule has 0 radical (unpaired) electrons. The van der Waals surface area contributed by atoms with Gasteiger partial charge in [-0.25, -0.2) is 18.7 Å². The zero-order valence-electron chi connectivity index (χ0n) is 10.7. The second-order valence-electron chi connectivity index (χ2n) is 4.81. The van der Waals surface area contributed by atoms with Crippen LogP contribution in [0.4, 0.5) is 8.78 Å². The Morgan fingerprint density at radius 1 is 1.05 bits per heavy atom. The maximum Gasteiger partial charge on any atom is 0.166 e. The van der Waals surface area contributed by atoms with Crippen LogP contribution in [0.2, 0.25) is 0 Å². The molecule has 20 heavy (non-hydrogen) atoms. The number of benzene rings is 1. The zero-order chi connectivity index (χ0) is 14.1. The highest BCUT2D eigenvalue weighted by Gasteiger charge is 2.19. The fraction of sp³-hybridized carbons (Fsp3) is 0.267. The third kappa shape index (κ3) is 2.31. The van der Waals surface area contributed by atoms with Crippen LogP contribution in [0.3, 0.4) is 0 Å². The van der Waals surface area contributed by atoms with E-state index >= 15 is 0 Å². The number of halogens is 2. The van der Waals surface area contributed by atoms with E-state index < -0.39 is 11.6 Å². The highest BCUT2D eigenvalue weighted by Crippen LogP contribution is 2.24. The molecule has 0 aliphatic heterocycles. The minimum Gasteiger partial charge on any atom is -0.294 e. The number of Topliss-reactive ketones (excluding diaryl/α,β-unsaturated/α-hetero) is 1. The Morgan fingerprint density at radius 2 is 1.85 bits per heavy atom. The van der Waals surface area contributed by atoms with Crippen LogP contribution in [0.15, 0.2) is 24.4 Å². The van der Waals surface area contributed by atoms with Crippen LogP contribution in [-0.4, -0.2) is 15.8 Å². The topological polar surface area (TPSA) is 42.9 Å². The van der Waals surface area contributed by atoms with Crippen molar-refractivity contribution >= 4 is 5.78 Å². The van der Waals surface area contributed by atoms with Crippen LogP contribution < -0.4 is 0 Å². The number of ketones is 1. The van der Waals surface area contributed by atoms with Gasteiger partial charge in [0, 0.05) is 18.7 Å². The summed E-state index contributed by atoms with van der Waals surface area (Å²) in [5.41, 5.74) is 1.32. The van der Waals surface area contributed by atoms with Gasteiger partial charge < -0.3 is 0 Å². The minimum absolute atomic E-state index is 0.0311. The van der Waals surface area contributed by atoms with E-state index in [1.807, 2.05) is 0 Å². The summed E-state index contributed by atoms with van der Waals surface area (Å²) in [6.45, 7) is 0. The van der Waals surface area contributed by atoms with Crippen molar-refractivity contribution in [2.24, 2.45) is 0 Å². The van der Waals surface area contributed by atoms with E-state index in [-0.39, 0.29) is 17.2 Å². The molecule has 0 atom stereocenters. The summed E-state index contributed by atoms with van der Waals surface area (Å²) in [6.07, 6.45) is 4.34. The van der Waals surface area contributed by atoms with Crippen LogP contribution in [0.5, 0.6) is 0 Å². The Hall–Kier alpha value is -2.17. The lowest BCUT2D eigenvalue weighted by molar-refractivity contribution is 0.0981. The quantitative estimate of drug-likeness (QED) is 0.749. The van der Waals surface area contributed by atoms with Gasteiger partial charge in [-0.3, -0.25) is 4.79 Å². The third-order valence-corrected chi connectivity index (χ3v) is 3.41. The number of aryl methyl sites for hydroxylation is 1. The highest BCUT2D eigenvalue weighted by molar-refractivity contribution is 5.97. The summed E-state index contributed by atoms with van der Waals surface area (Å²) < 4.78 is 26.7. The fourth-order valence-corrected chi connectivity index (χ4v) is 2.35. The lowest BCUT2D eigenvalue weighted by Crippen LogP contribution is -2.05. The molecule has 1 heterocycles. The molecule has 1 aromatic heterocycles. The van der Waals surface area contributed by atoms with E-state index in [0.29, 0.717) is 24.1 Å². The van der Waals surface area contributed by atoms with Crippen LogP contribution in [0, 0.1) is 11.6 Å². The predicted molar refractivity (Wildman–Crippen MR) is 69.3 cm³/mol. The molecular weight excluding hydrogens is 262 g/mol. The summed E-state index contributed by atoms with van der Waals surface area (Å²) in [5.74, 6) is -1.12. The van der Waals surface area contributed by atoms with E-state index in [0.717, 1.165) is 18.9 Å². The van der Waals surface area contributed by atoms with Crippen molar-refractivity contribution in [1.29, 1.82) is 0 Å². The highest BCUT2D eigenvalue weighted by atomic mass is 19.1. The van der Waals surface area contributed by atoms with Crippen molar-refractivity contribution in [3.05, 3.63) is 47.3 Å². The smallest absolute Gasteiger partial charge is 0.166 e. The molecule has 3 rings (SSSR count). The Bertz CT molecular complexity index is 686. The van der Waals surface area contributed by atoms with E-state index in [1.165, 1.54) is 18.3 Å². The average molecular weight is 274 g/mol. The fourth-order valence-electron chi connectivity index (χ4n) is 2.35. The molecule has 0 bridgehead atoms. The molecule has 0 amide bonds. The molecule has 0 unspecified atom stereocenters. The number of carbonyl (C=O) groups is 1. The van der Waals surface area contributed by atoms with Gasteiger partial charge in [0.15, 0.2) is 11.6 Å². The van der Waals surface area contributed by atoms with Crippen molar-refractivity contribution in [2.45, 2.75) is 25.7 Å². The van der Waals surface area contributed by atoms with E-state index in [4.69, 9.17) is 0 Å². The Kier molecular flexibility index (Phi) is 3.26. The standard InChI is InChI=1S/C15H12F2N2O/c16-9-5-6-10(12(17)7-9)15-18-8-11-13(19-15)3-1-2-4-14(11)20/h5-8H,1-4H2. The number of rotatable bonds is 1. The lowest BCUT2D eigenvalue weighted by Gasteiger charge is -2.07. The van der Waals surface area contributed by atoms with Crippen LogP contribution in [-0.2, 0) is 6.42 Å². The molecule has 2 aromatic rings. The summed E-state index contributed by atoms with van der Waals surface area (Å²) in [6, 6.07) is 3.28. The van der Waals surface area contributed by atoms with Crippen molar-refractivity contribution in [3.8, 4) is 11.4 Å². The van der Waals surface area contributed by atoms with Gasteiger partial charge in [0.2, 0.25) is 0 Å². The van der Waals surface area contributed by atoms with Gasteiger partial charge >= 0.3 is 0 Å². The summed E-state index contributed by atoms with van der Waals surface area (Å²) >= 11 is 0. The molecule has 5 heteroatoms. The van der Waals surface area contributed by atoms with Gasteiger partial charge in [0.1, 0.15) is 11.6 Å². The number of nitrogens with zero attached hydrogens (tertiary/aromatic N) is 2. The number of fused-ring (bicyclic) bond motifs is 1.